The molecular weight excluding hydrogens is 234 g/mol. The van der Waals surface area contributed by atoms with Crippen LogP contribution in [0, 0.1) is 0 Å². The van der Waals surface area contributed by atoms with E-state index in [9.17, 15) is 0 Å². The van der Waals surface area contributed by atoms with Gasteiger partial charge in [-0.2, -0.15) is 0 Å². The van der Waals surface area contributed by atoms with Gasteiger partial charge in [0.1, 0.15) is 0 Å². The fourth-order valence-electron chi connectivity index (χ4n) is 1.82. The zero-order valence-corrected chi connectivity index (χ0v) is 10.2. The minimum atomic E-state index is 0.882. The van der Waals surface area contributed by atoms with Gasteiger partial charge in [0.25, 0.3) is 0 Å². The van der Waals surface area contributed by atoms with Crippen molar-refractivity contribution in [3.05, 3.63) is 42.5 Å². The summed E-state index contributed by atoms with van der Waals surface area (Å²) < 4.78 is 0. The molecular formula is C13H9NS2. The molecule has 78 valence electrons. The first-order valence-electron chi connectivity index (χ1n) is 4.96. The van der Waals surface area contributed by atoms with Crippen LogP contribution in [0.25, 0.3) is 21.8 Å². The van der Waals surface area contributed by atoms with E-state index < -0.39 is 0 Å². The molecule has 0 saturated heterocycles. The molecule has 3 heteroatoms. The van der Waals surface area contributed by atoms with Crippen molar-refractivity contribution in [2.24, 2.45) is 0 Å². The number of nitrogens with zero attached hydrogens (tertiary/aromatic N) is 1. The molecule has 0 atom stereocenters. The molecule has 0 spiro atoms. The van der Waals surface area contributed by atoms with Crippen molar-refractivity contribution in [3.8, 4) is 0 Å². The Labute approximate surface area is 104 Å². The van der Waals surface area contributed by atoms with Gasteiger partial charge in [0.15, 0.2) is 0 Å². The quantitative estimate of drug-likeness (QED) is 0.450. The average Bonchev–Trinajstić information content (AvgIpc) is 2.32. The lowest BCUT2D eigenvalue weighted by molar-refractivity contribution is 1.31. The molecule has 2 aromatic carbocycles. The molecule has 0 radical (unpaired) electrons. The number of hydrogen-bond donors (Lipinski definition) is 2. The molecule has 0 amide bonds. The zero-order valence-electron chi connectivity index (χ0n) is 8.38. The number of thiol groups is 2. The summed E-state index contributed by atoms with van der Waals surface area (Å²) in [6.07, 6.45) is 0. The molecule has 3 rings (SSSR count). The fraction of sp³-hybridized carbons (Fsp3) is 0. The highest BCUT2D eigenvalue weighted by Gasteiger charge is 2.04. The third-order valence-corrected chi connectivity index (χ3v) is 3.68. The molecule has 0 N–H and O–H groups in total. The van der Waals surface area contributed by atoms with Crippen molar-refractivity contribution in [3.63, 3.8) is 0 Å². The minimum absolute atomic E-state index is 0.882. The monoisotopic (exact) mass is 243 g/mol. The van der Waals surface area contributed by atoms with E-state index >= 15 is 0 Å². The molecule has 0 aliphatic heterocycles. The Balaban J connectivity index is 2.51. The number of hydrogen-bond acceptors (Lipinski definition) is 3. The number of fused-ring (bicyclic) bond motifs is 2. The normalized spacial score (nSPS) is 11.1. The highest BCUT2D eigenvalue weighted by atomic mass is 32.1. The van der Waals surface area contributed by atoms with Crippen LogP contribution in [-0.2, 0) is 0 Å². The maximum absolute atomic E-state index is 4.60. The summed E-state index contributed by atoms with van der Waals surface area (Å²) in [4.78, 5) is 6.37. The van der Waals surface area contributed by atoms with Crippen molar-refractivity contribution >= 4 is 47.1 Å². The smallest absolute Gasteiger partial charge is 0.0721 e. The molecule has 1 aromatic heterocycles. The van der Waals surface area contributed by atoms with Crippen molar-refractivity contribution in [1.29, 1.82) is 0 Å². The summed E-state index contributed by atoms with van der Waals surface area (Å²) in [5.74, 6) is 0. The second kappa shape index (κ2) is 3.68. The number of rotatable bonds is 0. The highest BCUT2D eigenvalue weighted by Crippen LogP contribution is 2.29. The molecule has 0 bridgehead atoms. The van der Waals surface area contributed by atoms with Gasteiger partial charge in [-0.15, -0.1) is 25.3 Å². The Morgan fingerprint density at radius 2 is 1.69 bits per heavy atom. The summed E-state index contributed by atoms with van der Waals surface area (Å²) in [5, 5.41) is 2.18. The van der Waals surface area contributed by atoms with E-state index in [-0.39, 0.29) is 0 Å². The number of aromatic nitrogens is 1. The van der Waals surface area contributed by atoms with Crippen LogP contribution in [0.5, 0.6) is 0 Å². The lowest BCUT2D eigenvalue weighted by Gasteiger charge is -2.05. The Kier molecular flexibility index (Phi) is 2.30. The summed E-state index contributed by atoms with van der Waals surface area (Å²) in [7, 11) is 0. The van der Waals surface area contributed by atoms with Crippen LogP contribution in [0.15, 0.2) is 52.3 Å². The van der Waals surface area contributed by atoms with Gasteiger partial charge in [-0.25, -0.2) is 4.98 Å². The summed E-state index contributed by atoms with van der Waals surface area (Å²) in [5.41, 5.74) is 1.97. The van der Waals surface area contributed by atoms with Gasteiger partial charge in [-0.05, 0) is 24.3 Å². The zero-order chi connectivity index (χ0) is 11.1. The first-order valence-corrected chi connectivity index (χ1v) is 5.85. The molecule has 0 saturated carbocycles. The van der Waals surface area contributed by atoms with Crippen LogP contribution in [0.3, 0.4) is 0 Å². The lowest BCUT2D eigenvalue weighted by Crippen LogP contribution is -1.84. The predicted octanol–water partition coefficient (Wildman–Crippen LogP) is 3.97. The maximum atomic E-state index is 4.60. The molecule has 16 heavy (non-hydrogen) atoms. The second-order valence-corrected chi connectivity index (χ2v) is 4.61. The summed E-state index contributed by atoms with van der Waals surface area (Å²) >= 11 is 8.84. The predicted molar refractivity (Wildman–Crippen MR) is 73.8 cm³/mol. The minimum Gasteiger partial charge on any atom is -0.248 e. The Bertz CT molecular complexity index is 692. The Morgan fingerprint density at radius 3 is 2.56 bits per heavy atom. The SMILES string of the molecule is Sc1ccc2nc3ccccc3cc2c1S. The van der Waals surface area contributed by atoms with Crippen molar-refractivity contribution in [1.82, 2.24) is 4.98 Å². The lowest BCUT2D eigenvalue weighted by atomic mass is 10.1. The molecule has 0 aliphatic rings. The number of para-hydroxylation sites is 1. The van der Waals surface area contributed by atoms with Crippen LogP contribution < -0.4 is 0 Å². The Morgan fingerprint density at radius 1 is 0.875 bits per heavy atom. The number of pyridine rings is 1. The van der Waals surface area contributed by atoms with Crippen LogP contribution >= 0.6 is 25.3 Å². The van der Waals surface area contributed by atoms with Crippen LogP contribution in [0.2, 0.25) is 0 Å². The number of benzene rings is 2. The van der Waals surface area contributed by atoms with Gasteiger partial charge in [0.05, 0.1) is 11.0 Å². The largest absolute Gasteiger partial charge is 0.248 e. The van der Waals surface area contributed by atoms with E-state index in [1.165, 1.54) is 0 Å². The van der Waals surface area contributed by atoms with E-state index in [1.807, 2.05) is 30.3 Å². The summed E-state index contributed by atoms with van der Waals surface area (Å²) in [6, 6.07) is 14.1. The van der Waals surface area contributed by atoms with Crippen molar-refractivity contribution in [2.75, 3.05) is 0 Å². The molecule has 1 nitrogen and oxygen atoms in total. The van der Waals surface area contributed by atoms with Crippen LogP contribution in [0.1, 0.15) is 0 Å². The maximum Gasteiger partial charge on any atom is 0.0721 e. The summed E-state index contributed by atoms with van der Waals surface area (Å²) in [6.45, 7) is 0. The molecule has 1 heterocycles. The van der Waals surface area contributed by atoms with Crippen molar-refractivity contribution in [2.45, 2.75) is 9.79 Å². The first kappa shape index (κ1) is 10.00. The van der Waals surface area contributed by atoms with Gasteiger partial charge in [-0.1, -0.05) is 18.2 Å². The van der Waals surface area contributed by atoms with Gasteiger partial charge in [0.2, 0.25) is 0 Å². The molecule has 0 fully saturated rings. The first-order chi connectivity index (χ1) is 7.75. The molecule has 3 aromatic rings. The fourth-order valence-corrected chi connectivity index (χ4v) is 2.27. The standard InChI is InChI=1S/C13H9NS2/c15-12-6-5-11-9(13(12)16)7-8-3-1-2-4-10(8)14-11/h1-7,15-16H. The van der Waals surface area contributed by atoms with Gasteiger partial charge in [0, 0.05) is 20.6 Å². The average molecular weight is 243 g/mol. The third kappa shape index (κ3) is 1.47. The second-order valence-electron chi connectivity index (χ2n) is 3.68. The van der Waals surface area contributed by atoms with Crippen molar-refractivity contribution < 1.29 is 0 Å². The van der Waals surface area contributed by atoms with E-state index in [2.05, 4.69) is 42.4 Å². The molecule has 0 unspecified atom stereocenters. The molecule has 0 aliphatic carbocycles. The highest BCUT2D eigenvalue weighted by molar-refractivity contribution is 7.83. The van der Waals surface area contributed by atoms with E-state index in [0.29, 0.717) is 0 Å². The van der Waals surface area contributed by atoms with Crippen LogP contribution in [0.4, 0.5) is 0 Å². The van der Waals surface area contributed by atoms with Crippen LogP contribution in [-0.4, -0.2) is 4.98 Å². The van der Waals surface area contributed by atoms with Gasteiger partial charge < -0.3 is 0 Å². The third-order valence-electron chi connectivity index (χ3n) is 2.65. The Hall–Kier alpha value is -1.19. The van der Waals surface area contributed by atoms with E-state index in [1.54, 1.807) is 0 Å². The van der Waals surface area contributed by atoms with E-state index in [4.69, 9.17) is 0 Å². The topological polar surface area (TPSA) is 12.9 Å². The van der Waals surface area contributed by atoms with Gasteiger partial charge >= 0.3 is 0 Å². The van der Waals surface area contributed by atoms with E-state index in [0.717, 1.165) is 31.6 Å². The van der Waals surface area contributed by atoms with Gasteiger partial charge in [-0.3, -0.25) is 0 Å².